The molecule has 0 unspecified atom stereocenters. The summed E-state index contributed by atoms with van der Waals surface area (Å²) in [6.07, 6.45) is 2.47. The van der Waals surface area contributed by atoms with Crippen molar-refractivity contribution < 1.29 is 19.2 Å². The van der Waals surface area contributed by atoms with Crippen LogP contribution in [-0.4, -0.2) is 33.2 Å². The molecule has 9 nitrogen and oxygen atoms in total. The molecule has 0 fully saturated rings. The first kappa shape index (κ1) is 20.7. The van der Waals surface area contributed by atoms with Crippen LogP contribution >= 0.6 is 15.9 Å². The highest BCUT2D eigenvalue weighted by atomic mass is 79.9. The highest BCUT2D eigenvalue weighted by Crippen LogP contribution is 2.29. The number of amides is 1. The number of fused-ring (bicyclic) bond motifs is 1. The van der Waals surface area contributed by atoms with Crippen molar-refractivity contribution in [2.45, 2.75) is 19.3 Å². The average molecular weight is 485 g/mol. The number of nitro benzene ring substituents is 1. The van der Waals surface area contributed by atoms with E-state index in [2.05, 4.69) is 26.3 Å². The third-order valence-electron chi connectivity index (χ3n) is 4.90. The molecule has 31 heavy (non-hydrogen) atoms. The summed E-state index contributed by atoms with van der Waals surface area (Å²) in [6, 6.07) is 13.5. The van der Waals surface area contributed by atoms with E-state index in [1.54, 1.807) is 4.68 Å². The second-order valence-electron chi connectivity index (χ2n) is 6.92. The van der Waals surface area contributed by atoms with Gasteiger partial charge in [-0.2, -0.15) is 5.10 Å². The van der Waals surface area contributed by atoms with E-state index < -0.39 is 23.4 Å². The predicted molar refractivity (Wildman–Crippen MR) is 115 cm³/mol. The predicted octanol–water partition coefficient (Wildman–Crippen LogP) is 3.83. The molecular formula is C21H17BrN4O5. The van der Waals surface area contributed by atoms with Crippen molar-refractivity contribution in [3.8, 4) is 5.69 Å². The number of hydrogen-bond acceptors (Lipinski definition) is 6. The summed E-state index contributed by atoms with van der Waals surface area (Å²) in [5.74, 6) is -1.23. The topological polar surface area (TPSA) is 116 Å². The van der Waals surface area contributed by atoms with Crippen LogP contribution in [0, 0.1) is 10.1 Å². The van der Waals surface area contributed by atoms with Crippen molar-refractivity contribution >= 4 is 39.2 Å². The van der Waals surface area contributed by atoms with Gasteiger partial charge >= 0.3 is 5.97 Å². The minimum Gasteiger partial charge on any atom is -0.451 e. The molecule has 0 saturated carbocycles. The lowest BCUT2D eigenvalue weighted by molar-refractivity contribution is -0.384. The number of para-hydroxylation sites is 1. The Hall–Kier alpha value is -3.53. The molecule has 0 atom stereocenters. The van der Waals surface area contributed by atoms with Crippen molar-refractivity contribution in [2.24, 2.45) is 0 Å². The number of nitrogens with one attached hydrogen (secondary N) is 1. The Balaban J connectivity index is 1.44. The van der Waals surface area contributed by atoms with Crippen molar-refractivity contribution in [2.75, 3.05) is 11.9 Å². The first-order chi connectivity index (χ1) is 14.9. The zero-order valence-electron chi connectivity index (χ0n) is 16.2. The number of aromatic nitrogens is 2. The van der Waals surface area contributed by atoms with Crippen LogP contribution in [-0.2, 0) is 22.4 Å². The molecule has 0 aliphatic heterocycles. The van der Waals surface area contributed by atoms with Crippen LogP contribution in [0.3, 0.4) is 0 Å². The molecule has 0 radical (unpaired) electrons. The van der Waals surface area contributed by atoms with Gasteiger partial charge in [-0.3, -0.25) is 14.9 Å². The quantitative estimate of drug-likeness (QED) is 0.322. The number of anilines is 1. The van der Waals surface area contributed by atoms with E-state index in [0.717, 1.165) is 36.2 Å². The molecule has 0 bridgehead atoms. The summed E-state index contributed by atoms with van der Waals surface area (Å²) in [6.45, 7) is -0.505. The number of esters is 1. The Morgan fingerprint density at radius 3 is 2.68 bits per heavy atom. The van der Waals surface area contributed by atoms with Crippen LogP contribution in [0.15, 0.2) is 53.0 Å². The van der Waals surface area contributed by atoms with Gasteiger partial charge < -0.3 is 10.1 Å². The normalized spacial score (nSPS) is 12.3. The number of carbonyl (C=O) groups excluding carboxylic acids is 2. The molecule has 1 amide bonds. The SMILES string of the molecule is O=C(COC(=O)c1nn(-c2ccccc2)c2c1CCC2)Nc1ccc([N+](=O)[O-])cc1Br. The van der Waals surface area contributed by atoms with Gasteiger partial charge in [0.2, 0.25) is 0 Å². The fourth-order valence-corrected chi connectivity index (χ4v) is 3.95. The lowest BCUT2D eigenvalue weighted by atomic mass is 10.2. The van der Waals surface area contributed by atoms with Crippen LogP contribution in [0.5, 0.6) is 0 Å². The van der Waals surface area contributed by atoms with Gasteiger partial charge in [-0.1, -0.05) is 18.2 Å². The average Bonchev–Trinajstić information content (AvgIpc) is 3.37. The van der Waals surface area contributed by atoms with E-state index in [9.17, 15) is 19.7 Å². The second-order valence-corrected chi connectivity index (χ2v) is 7.77. The summed E-state index contributed by atoms with van der Waals surface area (Å²) in [4.78, 5) is 35.1. The number of carbonyl (C=O) groups is 2. The number of rotatable bonds is 6. The molecule has 158 valence electrons. The summed E-state index contributed by atoms with van der Waals surface area (Å²) in [5, 5.41) is 17.8. The van der Waals surface area contributed by atoms with Gasteiger partial charge in [0.05, 0.1) is 16.3 Å². The molecule has 10 heteroatoms. The Labute approximate surface area is 185 Å². The Bertz CT molecular complexity index is 1180. The highest BCUT2D eigenvalue weighted by Gasteiger charge is 2.28. The third-order valence-corrected chi connectivity index (χ3v) is 5.55. The molecule has 0 saturated heterocycles. The Kier molecular flexibility index (Phi) is 5.81. The number of halogens is 1. The van der Waals surface area contributed by atoms with Crippen molar-refractivity contribution in [3.63, 3.8) is 0 Å². The zero-order chi connectivity index (χ0) is 22.0. The van der Waals surface area contributed by atoms with Gasteiger partial charge in [0.1, 0.15) is 0 Å². The number of non-ortho nitro benzene ring substituents is 1. The minimum absolute atomic E-state index is 0.112. The van der Waals surface area contributed by atoms with E-state index in [-0.39, 0.29) is 11.4 Å². The van der Waals surface area contributed by atoms with Crippen molar-refractivity contribution in [1.29, 1.82) is 0 Å². The van der Waals surface area contributed by atoms with Crippen LogP contribution < -0.4 is 5.32 Å². The molecule has 3 aromatic rings. The Morgan fingerprint density at radius 1 is 1.19 bits per heavy atom. The number of ether oxygens (including phenoxy) is 1. The smallest absolute Gasteiger partial charge is 0.359 e. The minimum atomic E-state index is -0.661. The van der Waals surface area contributed by atoms with E-state index in [4.69, 9.17) is 4.74 Å². The third kappa shape index (κ3) is 4.33. The van der Waals surface area contributed by atoms with Gasteiger partial charge in [-0.15, -0.1) is 0 Å². The van der Waals surface area contributed by atoms with Crippen molar-refractivity contribution in [3.05, 3.63) is 80.1 Å². The maximum atomic E-state index is 12.6. The summed E-state index contributed by atoms with van der Waals surface area (Å²) in [5.41, 5.74) is 3.14. The first-order valence-corrected chi connectivity index (χ1v) is 10.3. The summed E-state index contributed by atoms with van der Waals surface area (Å²) < 4.78 is 7.29. The molecule has 1 N–H and O–H groups in total. The van der Waals surface area contributed by atoms with E-state index in [1.807, 2.05) is 30.3 Å². The molecule has 1 aliphatic carbocycles. The number of hydrogen-bond donors (Lipinski definition) is 1. The van der Waals surface area contributed by atoms with Gasteiger partial charge in [-0.05, 0) is 53.4 Å². The standard InChI is InChI=1S/C21H17BrN4O5/c22-16-11-14(26(29)30)9-10-17(16)23-19(27)12-31-21(28)20-15-7-4-8-18(15)25(24-20)13-5-2-1-3-6-13/h1-3,5-6,9-11H,4,7-8,12H2,(H,23,27). The fourth-order valence-electron chi connectivity index (χ4n) is 3.49. The van der Waals surface area contributed by atoms with Crippen LogP contribution in [0.25, 0.3) is 5.69 Å². The van der Waals surface area contributed by atoms with Crippen LogP contribution in [0.2, 0.25) is 0 Å². The molecule has 2 aromatic carbocycles. The van der Waals surface area contributed by atoms with Crippen LogP contribution in [0.4, 0.5) is 11.4 Å². The van der Waals surface area contributed by atoms with Gasteiger partial charge in [0.25, 0.3) is 11.6 Å². The monoisotopic (exact) mass is 484 g/mol. The van der Waals surface area contributed by atoms with E-state index in [0.29, 0.717) is 10.2 Å². The van der Waals surface area contributed by atoms with E-state index in [1.165, 1.54) is 18.2 Å². The Morgan fingerprint density at radius 2 is 1.97 bits per heavy atom. The largest absolute Gasteiger partial charge is 0.451 e. The molecule has 1 heterocycles. The molecular weight excluding hydrogens is 468 g/mol. The molecule has 4 rings (SSSR count). The first-order valence-electron chi connectivity index (χ1n) is 9.51. The number of benzene rings is 2. The van der Waals surface area contributed by atoms with Crippen LogP contribution in [0.1, 0.15) is 28.2 Å². The van der Waals surface area contributed by atoms with Gasteiger partial charge in [0, 0.05) is 27.9 Å². The summed E-state index contributed by atoms with van der Waals surface area (Å²) in [7, 11) is 0. The summed E-state index contributed by atoms with van der Waals surface area (Å²) >= 11 is 3.18. The van der Waals surface area contributed by atoms with Crippen molar-refractivity contribution in [1.82, 2.24) is 9.78 Å². The maximum Gasteiger partial charge on any atom is 0.359 e. The molecule has 1 aromatic heterocycles. The molecule has 1 aliphatic rings. The van der Waals surface area contributed by atoms with E-state index >= 15 is 0 Å². The van der Waals surface area contributed by atoms with Gasteiger partial charge in [0.15, 0.2) is 12.3 Å². The maximum absolute atomic E-state index is 12.6. The molecule has 0 spiro atoms. The highest BCUT2D eigenvalue weighted by molar-refractivity contribution is 9.10. The number of nitro groups is 1. The lowest BCUT2D eigenvalue weighted by Crippen LogP contribution is -2.21. The zero-order valence-corrected chi connectivity index (χ0v) is 17.8. The second kappa shape index (κ2) is 8.68. The number of nitrogens with zero attached hydrogens (tertiary/aromatic N) is 3. The lowest BCUT2D eigenvalue weighted by Gasteiger charge is -2.08. The van der Waals surface area contributed by atoms with Gasteiger partial charge in [-0.25, -0.2) is 9.48 Å². The fraction of sp³-hybridized carbons (Fsp3) is 0.190.